The predicted octanol–water partition coefficient (Wildman–Crippen LogP) is 3.10. The first-order valence-corrected chi connectivity index (χ1v) is 8.71. The van der Waals surface area contributed by atoms with Gasteiger partial charge in [-0.05, 0) is 42.5 Å². The number of methoxy groups -OCH3 is 1. The first-order chi connectivity index (χ1) is 13.2. The summed E-state index contributed by atoms with van der Waals surface area (Å²) in [6, 6.07) is 17.3. The third-order valence-electron chi connectivity index (χ3n) is 4.86. The number of nitrogens with one attached hydrogen (secondary N) is 1. The fourth-order valence-corrected chi connectivity index (χ4v) is 3.47. The number of amides is 1. The lowest BCUT2D eigenvalue weighted by Crippen LogP contribution is -2.29. The lowest BCUT2D eigenvalue weighted by Gasteiger charge is -2.12. The van der Waals surface area contributed by atoms with Gasteiger partial charge in [0, 0.05) is 18.7 Å². The Bertz CT molecular complexity index is 1140. The highest BCUT2D eigenvalue weighted by atomic mass is 16.5. The molecule has 0 aliphatic carbocycles. The summed E-state index contributed by atoms with van der Waals surface area (Å²) >= 11 is 0. The van der Waals surface area contributed by atoms with Gasteiger partial charge in [-0.2, -0.15) is 5.10 Å². The molecule has 27 heavy (non-hydrogen) atoms. The highest BCUT2D eigenvalue weighted by Crippen LogP contribution is 2.29. The lowest BCUT2D eigenvalue weighted by molar-refractivity contribution is 0.0984. The Kier molecular flexibility index (Phi) is 3.46. The molecule has 0 saturated carbocycles. The SMILES string of the molecule is COc1ccc(-c2cc(C(=O)N3CCn4c3nc3ccccc34)[nH]n2)cc1. The summed E-state index contributed by atoms with van der Waals surface area (Å²) in [7, 11) is 1.63. The highest BCUT2D eigenvalue weighted by molar-refractivity contribution is 6.05. The number of fused-ring (bicyclic) bond motifs is 3. The van der Waals surface area contributed by atoms with Crippen LogP contribution in [0.1, 0.15) is 10.5 Å². The molecule has 0 saturated heterocycles. The molecule has 4 aromatic rings. The number of benzene rings is 2. The molecule has 1 N–H and O–H groups in total. The number of hydrogen-bond donors (Lipinski definition) is 1. The van der Waals surface area contributed by atoms with Gasteiger partial charge in [-0.3, -0.25) is 14.8 Å². The molecule has 7 heteroatoms. The number of H-pyrrole nitrogens is 1. The normalized spacial score (nSPS) is 13.1. The molecule has 0 spiro atoms. The number of ether oxygens (including phenoxy) is 1. The van der Waals surface area contributed by atoms with Crippen LogP contribution in [0.25, 0.3) is 22.3 Å². The molecule has 1 amide bonds. The number of para-hydroxylation sites is 2. The van der Waals surface area contributed by atoms with Crippen molar-refractivity contribution >= 4 is 22.9 Å². The fourth-order valence-electron chi connectivity index (χ4n) is 3.47. The second-order valence-electron chi connectivity index (χ2n) is 6.40. The van der Waals surface area contributed by atoms with E-state index in [-0.39, 0.29) is 5.91 Å². The van der Waals surface area contributed by atoms with Crippen LogP contribution in [0.4, 0.5) is 5.95 Å². The molecular formula is C20H17N5O2. The van der Waals surface area contributed by atoms with Gasteiger partial charge < -0.3 is 9.30 Å². The van der Waals surface area contributed by atoms with Crippen LogP contribution in [-0.2, 0) is 6.54 Å². The average molecular weight is 359 g/mol. The highest BCUT2D eigenvalue weighted by Gasteiger charge is 2.30. The van der Waals surface area contributed by atoms with Crippen LogP contribution >= 0.6 is 0 Å². The van der Waals surface area contributed by atoms with Crippen molar-refractivity contribution < 1.29 is 9.53 Å². The molecule has 0 bridgehead atoms. The maximum atomic E-state index is 13.0. The van der Waals surface area contributed by atoms with Crippen LogP contribution in [0.3, 0.4) is 0 Å². The number of carbonyl (C=O) groups is 1. The Hall–Kier alpha value is -3.61. The summed E-state index contributed by atoms with van der Waals surface area (Å²) in [5.74, 6) is 1.33. The van der Waals surface area contributed by atoms with Crippen LogP contribution < -0.4 is 9.64 Å². The number of aromatic amines is 1. The third kappa shape index (κ3) is 2.47. The summed E-state index contributed by atoms with van der Waals surface area (Å²) in [5.41, 5.74) is 4.02. The van der Waals surface area contributed by atoms with E-state index >= 15 is 0 Å². The van der Waals surface area contributed by atoms with E-state index in [4.69, 9.17) is 4.74 Å². The molecule has 0 fully saturated rings. The monoisotopic (exact) mass is 359 g/mol. The third-order valence-corrected chi connectivity index (χ3v) is 4.86. The van der Waals surface area contributed by atoms with Crippen LogP contribution in [0.5, 0.6) is 5.75 Å². The van der Waals surface area contributed by atoms with E-state index in [2.05, 4.69) is 19.7 Å². The van der Waals surface area contributed by atoms with E-state index < -0.39 is 0 Å². The van der Waals surface area contributed by atoms with Crippen molar-refractivity contribution in [2.24, 2.45) is 0 Å². The molecule has 134 valence electrons. The zero-order chi connectivity index (χ0) is 18.4. The summed E-state index contributed by atoms with van der Waals surface area (Å²) in [6.07, 6.45) is 0. The van der Waals surface area contributed by atoms with Crippen LogP contribution in [0.15, 0.2) is 54.6 Å². The van der Waals surface area contributed by atoms with E-state index in [1.54, 1.807) is 18.1 Å². The Balaban J connectivity index is 1.45. The van der Waals surface area contributed by atoms with Crippen molar-refractivity contribution in [1.82, 2.24) is 19.7 Å². The minimum Gasteiger partial charge on any atom is -0.497 e. The molecule has 2 aromatic carbocycles. The van der Waals surface area contributed by atoms with Gasteiger partial charge in [0.25, 0.3) is 5.91 Å². The Morgan fingerprint density at radius 2 is 1.93 bits per heavy atom. The molecule has 5 rings (SSSR count). The Labute approximate surface area is 155 Å². The molecule has 1 aliphatic rings. The topological polar surface area (TPSA) is 76.0 Å². The van der Waals surface area contributed by atoms with E-state index in [9.17, 15) is 4.79 Å². The van der Waals surface area contributed by atoms with Crippen LogP contribution in [-0.4, -0.2) is 39.3 Å². The quantitative estimate of drug-likeness (QED) is 0.610. The van der Waals surface area contributed by atoms with Gasteiger partial charge in [0.05, 0.1) is 23.8 Å². The van der Waals surface area contributed by atoms with Crippen molar-refractivity contribution in [3.63, 3.8) is 0 Å². The first-order valence-electron chi connectivity index (χ1n) is 8.71. The smallest absolute Gasteiger partial charge is 0.278 e. The summed E-state index contributed by atoms with van der Waals surface area (Å²) < 4.78 is 7.25. The predicted molar refractivity (Wildman–Crippen MR) is 102 cm³/mol. The van der Waals surface area contributed by atoms with E-state index in [0.29, 0.717) is 23.9 Å². The zero-order valence-corrected chi connectivity index (χ0v) is 14.7. The maximum absolute atomic E-state index is 13.0. The summed E-state index contributed by atoms with van der Waals surface area (Å²) in [4.78, 5) is 19.3. The zero-order valence-electron chi connectivity index (χ0n) is 14.7. The number of nitrogens with zero attached hydrogens (tertiary/aromatic N) is 4. The number of carbonyl (C=O) groups excluding carboxylic acids is 1. The van der Waals surface area contributed by atoms with Gasteiger partial charge in [-0.1, -0.05) is 12.1 Å². The Morgan fingerprint density at radius 3 is 2.74 bits per heavy atom. The molecule has 7 nitrogen and oxygen atoms in total. The van der Waals surface area contributed by atoms with Crippen molar-refractivity contribution in [3.8, 4) is 17.0 Å². The number of aromatic nitrogens is 4. The van der Waals surface area contributed by atoms with Crippen molar-refractivity contribution in [3.05, 3.63) is 60.3 Å². The van der Waals surface area contributed by atoms with Crippen LogP contribution in [0, 0.1) is 0 Å². The van der Waals surface area contributed by atoms with Gasteiger partial charge in [-0.25, -0.2) is 4.98 Å². The Morgan fingerprint density at radius 1 is 1.11 bits per heavy atom. The van der Waals surface area contributed by atoms with Crippen molar-refractivity contribution in [2.45, 2.75) is 6.54 Å². The molecule has 3 heterocycles. The van der Waals surface area contributed by atoms with Gasteiger partial charge in [0.1, 0.15) is 11.4 Å². The molecular weight excluding hydrogens is 342 g/mol. The van der Waals surface area contributed by atoms with Gasteiger partial charge in [0.15, 0.2) is 0 Å². The number of hydrogen-bond acceptors (Lipinski definition) is 4. The molecule has 0 atom stereocenters. The standard InChI is InChI=1S/C20H17N5O2/c1-27-14-8-6-13(7-9-14)16-12-17(23-22-16)19(26)25-11-10-24-18-5-3-2-4-15(18)21-20(24)25/h2-9,12H,10-11H2,1H3,(H,22,23). The van der Waals surface area contributed by atoms with Crippen LogP contribution in [0.2, 0.25) is 0 Å². The minimum absolute atomic E-state index is 0.128. The van der Waals surface area contributed by atoms with Crippen molar-refractivity contribution in [2.75, 3.05) is 18.6 Å². The minimum atomic E-state index is -0.128. The first kappa shape index (κ1) is 15.6. The van der Waals surface area contributed by atoms with Gasteiger partial charge >= 0.3 is 0 Å². The second kappa shape index (κ2) is 5.98. The summed E-state index contributed by atoms with van der Waals surface area (Å²) in [5, 5.41) is 7.16. The summed E-state index contributed by atoms with van der Waals surface area (Å²) in [6.45, 7) is 1.34. The molecule has 0 unspecified atom stereocenters. The number of rotatable bonds is 3. The average Bonchev–Trinajstić information content (AvgIpc) is 3.42. The largest absolute Gasteiger partial charge is 0.497 e. The molecule has 1 aliphatic heterocycles. The lowest BCUT2D eigenvalue weighted by atomic mass is 10.1. The van der Waals surface area contributed by atoms with Gasteiger partial charge in [-0.15, -0.1) is 0 Å². The second-order valence-corrected chi connectivity index (χ2v) is 6.40. The maximum Gasteiger partial charge on any atom is 0.278 e. The van der Waals surface area contributed by atoms with E-state index in [1.165, 1.54) is 0 Å². The number of anilines is 1. The van der Waals surface area contributed by atoms with Crippen molar-refractivity contribution in [1.29, 1.82) is 0 Å². The number of imidazole rings is 1. The fraction of sp³-hybridized carbons (Fsp3) is 0.150. The molecule has 2 aromatic heterocycles. The molecule has 0 radical (unpaired) electrons. The van der Waals surface area contributed by atoms with E-state index in [0.717, 1.165) is 28.9 Å². The van der Waals surface area contributed by atoms with E-state index in [1.807, 2.05) is 48.5 Å². The van der Waals surface area contributed by atoms with Gasteiger partial charge in [0.2, 0.25) is 5.95 Å².